The summed E-state index contributed by atoms with van der Waals surface area (Å²) >= 11 is 0. The van der Waals surface area contributed by atoms with Gasteiger partial charge in [-0.2, -0.15) is 0 Å². The van der Waals surface area contributed by atoms with Crippen molar-refractivity contribution in [2.75, 3.05) is 19.5 Å². The van der Waals surface area contributed by atoms with Gasteiger partial charge in [0.05, 0.1) is 13.7 Å². The summed E-state index contributed by atoms with van der Waals surface area (Å²) in [6.45, 7) is 2.84. The molecule has 0 N–H and O–H groups in total. The zero-order chi connectivity index (χ0) is 12.1. The van der Waals surface area contributed by atoms with Crippen LogP contribution in [-0.4, -0.2) is 45.1 Å². The van der Waals surface area contributed by atoms with Crippen molar-refractivity contribution in [3.05, 3.63) is 0 Å². The SMILES string of the molecule is CCOC(=O)C(C)S(=O)(=O)CC(=O)OC. The Bertz CT molecular complexity index is 331. The van der Waals surface area contributed by atoms with E-state index in [2.05, 4.69) is 9.47 Å². The van der Waals surface area contributed by atoms with Crippen molar-refractivity contribution < 1.29 is 27.5 Å². The molecule has 0 spiro atoms. The molecule has 0 amide bonds. The quantitative estimate of drug-likeness (QED) is 0.601. The third-order valence-corrected chi connectivity index (χ3v) is 3.61. The van der Waals surface area contributed by atoms with Crippen molar-refractivity contribution in [2.24, 2.45) is 0 Å². The number of methoxy groups -OCH3 is 1. The van der Waals surface area contributed by atoms with Crippen LogP contribution >= 0.6 is 0 Å². The number of hydrogen-bond acceptors (Lipinski definition) is 6. The van der Waals surface area contributed by atoms with Crippen molar-refractivity contribution in [1.82, 2.24) is 0 Å². The van der Waals surface area contributed by atoms with Crippen molar-refractivity contribution >= 4 is 21.8 Å². The van der Waals surface area contributed by atoms with Crippen molar-refractivity contribution in [3.63, 3.8) is 0 Å². The summed E-state index contributed by atoms with van der Waals surface area (Å²) in [5.41, 5.74) is 0. The summed E-state index contributed by atoms with van der Waals surface area (Å²) < 4.78 is 31.6. The molecule has 0 saturated heterocycles. The lowest BCUT2D eigenvalue weighted by molar-refractivity contribution is -0.142. The van der Waals surface area contributed by atoms with Gasteiger partial charge in [-0.25, -0.2) is 8.42 Å². The monoisotopic (exact) mass is 238 g/mol. The van der Waals surface area contributed by atoms with E-state index in [1.807, 2.05) is 0 Å². The predicted molar refractivity (Wildman–Crippen MR) is 51.9 cm³/mol. The normalized spacial score (nSPS) is 13.0. The lowest BCUT2D eigenvalue weighted by Gasteiger charge is -2.10. The average Bonchev–Trinajstić information content (AvgIpc) is 2.16. The first-order valence-corrected chi connectivity index (χ1v) is 6.01. The third-order valence-electron chi connectivity index (χ3n) is 1.70. The van der Waals surface area contributed by atoms with Gasteiger partial charge >= 0.3 is 11.9 Å². The van der Waals surface area contributed by atoms with E-state index in [4.69, 9.17) is 0 Å². The van der Waals surface area contributed by atoms with Gasteiger partial charge in [0, 0.05) is 0 Å². The molecule has 6 nitrogen and oxygen atoms in total. The molecule has 0 aromatic heterocycles. The molecular weight excluding hydrogens is 224 g/mol. The van der Waals surface area contributed by atoms with Gasteiger partial charge in [-0.15, -0.1) is 0 Å². The molecule has 0 bridgehead atoms. The van der Waals surface area contributed by atoms with E-state index < -0.39 is 32.8 Å². The van der Waals surface area contributed by atoms with Crippen LogP contribution in [0, 0.1) is 0 Å². The maximum atomic E-state index is 11.4. The van der Waals surface area contributed by atoms with Crippen molar-refractivity contribution in [2.45, 2.75) is 19.1 Å². The fourth-order valence-electron chi connectivity index (χ4n) is 0.754. The van der Waals surface area contributed by atoms with Crippen LogP contribution in [-0.2, 0) is 28.9 Å². The minimum Gasteiger partial charge on any atom is -0.468 e. The number of sulfone groups is 1. The Labute approximate surface area is 88.5 Å². The maximum absolute atomic E-state index is 11.4. The number of esters is 2. The van der Waals surface area contributed by atoms with Crippen LogP contribution in [0.2, 0.25) is 0 Å². The van der Waals surface area contributed by atoms with Crippen LogP contribution in [0.4, 0.5) is 0 Å². The van der Waals surface area contributed by atoms with Gasteiger partial charge < -0.3 is 9.47 Å². The number of rotatable bonds is 5. The maximum Gasteiger partial charge on any atom is 0.324 e. The molecule has 0 aliphatic rings. The van der Waals surface area contributed by atoms with Crippen LogP contribution in [0.5, 0.6) is 0 Å². The lowest BCUT2D eigenvalue weighted by atomic mass is 10.5. The Morgan fingerprint density at radius 3 is 2.27 bits per heavy atom. The van der Waals surface area contributed by atoms with Gasteiger partial charge in [0.15, 0.2) is 15.1 Å². The van der Waals surface area contributed by atoms with Gasteiger partial charge in [-0.3, -0.25) is 9.59 Å². The third kappa shape index (κ3) is 4.28. The molecule has 1 unspecified atom stereocenters. The first-order valence-electron chi connectivity index (χ1n) is 4.30. The molecule has 0 fully saturated rings. The second-order valence-electron chi connectivity index (χ2n) is 2.78. The Morgan fingerprint density at radius 1 is 1.33 bits per heavy atom. The zero-order valence-corrected chi connectivity index (χ0v) is 9.67. The van der Waals surface area contributed by atoms with Crippen LogP contribution in [0.25, 0.3) is 0 Å². The van der Waals surface area contributed by atoms with Crippen LogP contribution < -0.4 is 0 Å². The van der Waals surface area contributed by atoms with Crippen LogP contribution in [0.3, 0.4) is 0 Å². The summed E-state index contributed by atoms with van der Waals surface area (Å²) in [7, 11) is -2.77. The van der Waals surface area contributed by atoms with Gasteiger partial charge in [0.25, 0.3) is 0 Å². The minimum atomic E-state index is -3.84. The highest BCUT2D eigenvalue weighted by Crippen LogP contribution is 2.05. The average molecular weight is 238 g/mol. The molecule has 7 heteroatoms. The Hall–Kier alpha value is -1.11. The van der Waals surface area contributed by atoms with Gasteiger partial charge in [0.2, 0.25) is 0 Å². The zero-order valence-electron chi connectivity index (χ0n) is 8.85. The summed E-state index contributed by atoms with van der Waals surface area (Å²) in [4.78, 5) is 21.9. The molecule has 0 aromatic rings. The number of carbonyl (C=O) groups excluding carboxylic acids is 2. The van der Waals surface area contributed by atoms with Gasteiger partial charge in [0.1, 0.15) is 5.75 Å². The molecule has 0 radical (unpaired) electrons. The standard InChI is InChI=1S/C8H14O6S/c1-4-14-8(10)6(2)15(11,12)5-7(9)13-3/h6H,4-5H2,1-3H3. The van der Waals surface area contributed by atoms with Gasteiger partial charge in [-0.1, -0.05) is 0 Å². The molecule has 0 saturated carbocycles. The fraction of sp³-hybridized carbons (Fsp3) is 0.750. The molecular formula is C8H14O6S. The minimum absolute atomic E-state index is 0.0942. The molecule has 15 heavy (non-hydrogen) atoms. The van der Waals surface area contributed by atoms with Gasteiger partial charge in [-0.05, 0) is 13.8 Å². The van der Waals surface area contributed by atoms with Crippen LogP contribution in [0.15, 0.2) is 0 Å². The molecule has 1 atom stereocenters. The smallest absolute Gasteiger partial charge is 0.324 e. The molecule has 0 aliphatic heterocycles. The molecule has 0 heterocycles. The topological polar surface area (TPSA) is 86.7 Å². The Morgan fingerprint density at radius 2 is 1.87 bits per heavy atom. The largest absolute Gasteiger partial charge is 0.468 e. The second kappa shape index (κ2) is 5.69. The highest BCUT2D eigenvalue weighted by atomic mass is 32.2. The summed E-state index contributed by atoms with van der Waals surface area (Å²) in [6.07, 6.45) is 0. The highest BCUT2D eigenvalue weighted by molar-refractivity contribution is 7.93. The molecule has 0 rings (SSSR count). The van der Waals surface area contributed by atoms with E-state index >= 15 is 0 Å². The lowest BCUT2D eigenvalue weighted by Crippen LogP contribution is -2.33. The van der Waals surface area contributed by atoms with E-state index in [1.54, 1.807) is 6.92 Å². The molecule has 88 valence electrons. The summed E-state index contributed by atoms with van der Waals surface area (Å²) in [6, 6.07) is 0. The summed E-state index contributed by atoms with van der Waals surface area (Å²) in [5, 5.41) is -1.35. The van der Waals surface area contributed by atoms with E-state index in [-0.39, 0.29) is 6.61 Å². The number of carbonyl (C=O) groups is 2. The van der Waals surface area contributed by atoms with Crippen LogP contribution in [0.1, 0.15) is 13.8 Å². The highest BCUT2D eigenvalue weighted by Gasteiger charge is 2.31. The Kier molecular flexibility index (Phi) is 5.27. The number of hydrogen-bond donors (Lipinski definition) is 0. The first kappa shape index (κ1) is 13.9. The van der Waals surface area contributed by atoms with E-state index in [1.165, 1.54) is 6.92 Å². The van der Waals surface area contributed by atoms with Crippen molar-refractivity contribution in [1.29, 1.82) is 0 Å². The van der Waals surface area contributed by atoms with E-state index in [0.717, 1.165) is 7.11 Å². The van der Waals surface area contributed by atoms with E-state index in [9.17, 15) is 18.0 Å². The molecule has 0 aromatic carbocycles. The fourth-order valence-corrected chi connectivity index (χ4v) is 1.81. The second-order valence-corrected chi connectivity index (χ2v) is 5.10. The first-order chi connectivity index (χ1) is 6.85. The number of ether oxygens (including phenoxy) is 2. The summed E-state index contributed by atoms with van der Waals surface area (Å²) in [5.74, 6) is -2.57. The predicted octanol–water partition coefficient (Wildman–Crippen LogP) is -0.474. The van der Waals surface area contributed by atoms with Crippen molar-refractivity contribution in [3.8, 4) is 0 Å². The molecule has 0 aliphatic carbocycles. The Balaban J connectivity index is 4.59. The van der Waals surface area contributed by atoms with E-state index in [0.29, 0.717) is 0 Å².